The predicted molar refractivity (Wildman–Crippen MR) is 102 cm³/mol. The zero-order valence-corrected chi connectivity index (χ0v) is 16.3. The second-order valence-corrected chi connectivity index (χ2v) is 6.56. The highest BCUT2D eigenvalue weighted by Gasteiger charge is 2.52. The Morgan fingerprint density at radius 3 is 1.69 bits per heavy atom. The van der Waals surface area contributed by atoms with Gasteiger partial charge in [-0.15, -0.1) is 0 Å². The number of carbonyl (C=O) groups excluding carboxylic acids is 3. The third kappa shape index (κ3) is 4.32. The van der Waals surface area contributed by atoms with Gasteiger partial charge in [0.1, 0.15) is 11.8 Å². The van der Waals surface area contributed by atoms with Gasteiger partial charge in [-0.05, 0) is 37.1 Å². The molecule has 4 atom stereocenters. The van der Waals surface area contributed by atoms with Crippen LogP contribution in [0.3, 0.4) is 0 Å². The molecule has 1 saturated heterocycles. The number of hydrogen-bond donors (Lipinski definition) is 1. The van der Waals surface area contributed by atoms with Crippen molar-refractivity contribution in [2.45, 2.75) is 25.9 Å². The van der Waals surface area contributed by atoms with Gasteiger partial charge in [0.05, 0.1) is 25.3 Å². The number of Topliss-reactive ketones (excluding diaryl/α,β-unsaturated/α-hetero) is 1. The molecule has 152 valence electrons. The fraction of sp³-hybridized carbons (Fsp3) is 0.381. The molecule has 0 aliphatic carbocycles. The summed E-state index contributed by atoms with van der Waals surface area (Å²) in [4.78, 5) is 47.0. The molecule has 0 spiro atoms. The first kappa shape index (κ1) is 20.6. The van der Waals surface area contributed by atoms with Gasteiger partial charge >= 0.3 is 11.9 Å². The number of nitrogens with zero attached hydrogens (tertiary/aromatic N) is 2. The predicted octanol–water partition coefficient (Wildman–Crippen LogP) is 1.79. The van der Waals surface area contributed by atoms with Gasteiger partial charge in [-0.25, -0.2) is 0 Å². The Kier molecular flexibility index (Phi) is 6.66. The average Bonchev–Trinajstić information content (AvgIpc) is 2.74. The van der Waals surface area contributed by atoms with Crippen LogP contribution < -0.4 is 5.32 Å². The average molecular weight is 397 g/mol. The van der Waals surface area contributed by atoms with Gasteiger partial charge in [0, 0.05) is 24.8 Å². The third-order valence-corrected chi connectivity index (χ3v) is 4.81. The van der Waals surface area contributed by atoms with E-state index in [1.165, 1.54) is 0 Å². The molecule has 0 aromatic carbocycles. The lowest BCUT2D eigenvalue weighted by atomic mass is 9.75. The molecule has 1 aliphatic rings. The Morgan fingerprint density at radius 2 is 1.34 bits per heavy atom. The molecule has 0 radical (unpaired) electrons. The van der Waals surface area contributed by atoms with E-state index in [0.717, 1.165) is 0 Å². The maximum absolute atomic E-state index is 13.4. The summed E-state index contributed by atoms with van der Waals surface area (Å²) in [5, 5.41) is 3.29. The van der Waals surface area contributed by atoms with Crippen molar-refractivity contribution >= 4 is 17.7 Å². The third-order valence-electron chi connectivity index (χ3n) is 4.81. The molecule has 0 bridgehead atoms. The Morgan fingerprint density at radius 1 is 0.897 bits per heavy atom. The molecule has 29 heavy (non-hydrogen) atoms. The van der Waals surface area contributed by atoms with E-state index in [9.17, 15) is 14.4 Å². The molecule has 1 aliphatic heterocycles. The van der Waals surface area contributed by atoms with Crippen LogP contribution in [0.2, 0.25) is 0 Å². The summed E-state index contributed by atoms with van der Waals surface area (Å²) in [6, 6.07) is 5.59. The Bertz CT molecular complexity index is 790. The minimum Gasteiger partial charge on any atom is -0.465 e. The van der Waals surface area contributed by atoms with E-state index in [0.29, 0.717) is 11.1 Å². The Balaban J connectivity index is 2.08. The SMILES string of the molecule is CCOC(=O)[C@@H]1C(=O)[C@H](C(=O)OCC)[C@@H](c2cccnc2)N[C@@H]1c1cccnc1. The van der Waals surface area contributed by atoms with Crippen LogP contribution in [0.1, 0.15) is 37.1 Å². The largest absolute Gasteiger partial charge is 0.465 e. The van der Waals surface area contributed by atoms with Crippen molar-refractivity contribution < 1.29 is 23.9 Å². The number of nitrogens with one attached hydrogen (secondary N) is 1. The summed E-state index contributed by atoms with van der Waals surface area (Å²) in [5.74, 6) is -4.29. The zero-order chi connectivity index (χ0) is 20.8. The lowest BCUT2D eigenvalue weighted by Crippen LogP contribution is -2.54. The molecule has 8 nitrogen and oxygen atoms in total. The van der Waals surface area contributed by atoms with E-state index in [2.05, 4.69) is 15.3 Å². The number of ether oxygens (including phenoxy) is 2. The van der Waals surface area contributed by atoms with Crippen molar-refractivity contribution in [3.8, 4) is 0 Å². The van der Waals surface area contributed by atoms with Crippen LogP contribution in [-0.2, 0) is 23.9 Å². The first-order chi connectivity index (χ1) is 14.1. The molecule has 0 unspecified atom stereocenters. The highest BCUT2D eigenvalue weighted by molar-refractivity contribution is 6.10. The first-order valence-corrected chi connectivity index (χ1v) is 9.51. The van der Waals surface area contributed by atoms with Gasteiger partial charge in [0.25, 0.3) is 0 Å². The topological polar surface area (TPSA) is 107 Å². The molecule has 3 rings (SSSR count). The number of rotatable bonds is 6. The highest BCUT2D eigenvalue weighted by atomic mass is 16.5. The second-order valence-electron chi connectivity index (χ2n) is 6.56. The molecule has 0 amide bonds. The maximum Gasteiger partial charge on any atom is 0.318 e. The summed E-state index contributed by atoms with van der Waals surface area (Å²) in [5.41, 5.74) is 1.30. The van der Waals surface area contributed by atoms with Gasteiger partial charge in [0.2, 0.25) is 0 Å². The fourth-order valence-electron chi connectivity index (χ4n) is 3.57. The van der Waals surface area contributed by atoms with Crippen molar-refractivity contribution in [1.29, 1.82) is 0 Å². The minimum atomic E-state index is -1.19. The van der Waals surface area contributed by atoms with Crippen LogP contribution in [0.25, 0.3) is 0 Å². The summed E-state index contributed by atoms with van der Waals surface area (Å²) < 4.78 is 10.3. The fourth-order valence-corrected chi connectivity index (χ4v) is 3.57. The molecule has 2 aromatic rings. The second kappa shape index (κ2) is 9.38. The summed E-state index contributed by atoms with van der Waals surface area (Å²) >= 11 is 0. The highest BCUT2D eigenvalue weighted by Crippen LogP contribution is 2.39. The van der Waals surface area contributed by atoms with E-state index < -0.39 is 41.6 Å². The van der Waals surface area contributed by atoms with Crippen LogP contribution in [0.15, 0.2) is 49.1 Å². The van der Waals surface area contributed by atoms with Crippen LogP contribution in [0, 0.1) is 11.8 Å². The lowest BCUT2D eigenvalue weighted by Gasteiger charge is -2.39. The number of ketones is 1. The van der Waals surface area contributed by atoms with Gasteiger partial charge in [-0.2, -0.15) is 0 Å². The van der Waals surface area contributed by atoms with E-state index in [4.69, 9.17) is 9.47 Å². The normalized spacial score (nSPS) is 24.0. The molecule has 3 heterocycles. The summed E-state index contributed by atoms with van der Waals surface area (Å²) in [6.07, 6.45) is 6.38. The van der Waals surface area contributed by atoms with Crippen molar-refractivity contribution in [3.63, 3.8) is 0 Å². The number of esters is 2. The van der Waals surface area contributed by atoms with Crippen LogP contribution in [0.4, 0.5) is 0 Å². The van der Waals surface area contributed by atoms with Crippen LogP contribution in [-0.4, -0.2) is 40.9 Å². The zero-order valence-electron chi connectivity index (χ0n) is 16.3. The van der Waals surface area contributed by atoms with E-state index in [1.807, 2.05) is 0 Å². The van der Waals surface area contributed by atoms with Crippen molar-refractivity contribution in [2.24, 2.45) is 11.8 Å². The van der Waals surface area contributed by atoms with E-state index in [-0.39, 0.29) is 13.2 Å². The van der Waals surface area contributed by atoms with Gasteiger partial charge < -0.3 is 14.8 Å². The maximum atomic E-state index is 13.4. The van der Waals surface area contributed by atoms with Gasteiger partial charge in [-0.1, -0.05) is 12.1 Å². The molecule has 1 fully saturated rings. The first-order valence-electron chi connectivity index (χ1n) is 9.51. The monoisotopic (exact) mass is 397 g/mol. The van der Waals surface area contributed by atoms with Crippen molar-refractivity contribution in [1.82, 2.24) is 15.3 Å². The van der Waals surface area contributed by atoms with Crippen LogP contribution >= 0.6 is 0 Å². The number of hydrogen-bond acceptors (Lipinski definition) is 8. The summed E-state index contributed by atoms with van der Waals surface area (Å²) in [7, 11) is 0. The standard InChI is InChI=1S/C21H23N3O5/c1-3-28-20(26)15-17(13-7-5-9-22-11-13)24-18(14-8-6-10-23-12-14)16(19(15)25)21(27)29-4-2/h5-12,15-18,24H,3-4H2,1-2H3/t15-,16+,17-,18-/m1/s1. The smallest absolute Gasteiger partial charge is 0.318 e. The Labute approximate surface area is 168 Å². The van der Waals surface area contributed by atoms with Crippen LogP contribution in [0.5, 0.6) is 0 Å². The quantitative estimate of drug-likeness (QED) is 0.581. The van der Waals surface area contributed by atoms with Gasteiger partial charge in [-0.3, -0.25) is 24.4 Å². The molecule has 8 heteroatoms. The van der Waals surface area contributed by atoms with E-state index >= 15 is 0 Å². The Hall–Kier alpha value is -3.13. The van der Waals surface area contributed by atoms with Crippen molar-refractivity contribution in [2.75, 3.05) is 13.2 Å². The van der Waals surface area contributed by atoms with E-state index in [1.54, 1.807) is 62.9 Å². The molecular formula is C21H23N3O5. The molecule has 2 aromatic heterocycles. The number of pyridine rings is 2. The summed E-state index contributed by atoms with van der Waals surface area (Å²) in [6.45, 7) is 3.58. The minimum absolute atomic E-state index is 0.123. The van der Waals surface area contributed by atoms with Gasteiger partial charge in [0.15, 0.2) is 5.78 Å². The van der Waals surface area contributed by atoms with Crippen molar-refractivity contribution in [3.05, 3.63) is 60.2 Å². The molecule has 0 saturated carbocycles. The lowest BCUT2D eigenvalue weighted by molar-refractivity contribution is -0.162. The number of aromatic nitrogens is 2. The molecule has 1 N–H and O–H groups in total. The number of carbonyl (C=O) groups is 3. The number of piperidine rings is 1. The molecular weight excluding hydrogens is 374 g/mol.